The van der Waals surface area contributed by atoms with E-state index in [-0.39, 0.29) is 5.88 Å². The van der Waals surface area contributed by atoms with Crippen molar-refractivity contribution in [2.24, 2.45) is 4.99 Å². The van der Waals surface area contributed by atoms with Crippen molar-refractivity contribution in [2.45, 2.75) is 13.5 Å². The molecule has 0 amide bonds. The van der Waals surface area contributed by atoms with E-state index in [1.165, 1.54) is 0 Å². The van der Waals surface area contributed by atoms with Crippen LogP contribution in [-0.2, 0) is 11.3 Å². The van der Waals surface area contributed by atoms with Crippen LogP contribution in [0.25, 0.3) is 11.6 Å². The molecule has 2 heterocycles. The zero-order chi connectivity index (χ0) is 15.9. The third-order valence-corrected chi connectivity index (χ3v) is 4.25. The third-order valence-electron chi connectivity index (χ3n) is 3.33. The van der Waals surface area contributed by atoms with Gasteiger partial charge in [0.15, 0.2) is 0 Å². The molecule has 0 radical (unpaired) electrons. The molecule has 1 aliphatic heterocycles. The molecule has 1 aliphatic rings. The molecule has 0 bridgehead atoms. The van der Waals surface area contributed by atoms with Crippen molar-refractivity contribution in [3.8, 4) is 5.88 Å². The summed E-state index contributed by atoms with van der Waals surface area (Å²) in [6.45, 7) is 1.29. The van der Waals surface area contributed by atoms with Crippen LogP contribution in [0.1, 0.15) is 17.4 Å². The average molecular weight is 316 g/mol. The Morgan fingerprint density at radius 3 is 2.86 bits per heavy atom. The molecule has 22 heavy (non-hydrogen) atoms. The summed E-state index contributed by atoms with van der Waals surface area (Å²) >= 11 is 0.809. The molecule has 0 fully saturated rings. The number of carboxylic acids is 1. The van der Waals surface area contributed by atoms with Crippen molar-refractivity contribution in [3.63, 3.8) is 0 Å². The van der Waals surface area contributed by atoms with Crippen molar-refractivity contribution < 1.29 is 15.0 Å². The number of para-hydroxylation sites is 1. The molecule has 2 aromatic rings. The average Bonchev–Trinajstić information content (AvgIpc) is 2.91. The molecule has 0 spiro atoms. The van der Waals surface area contributed by atoms with E-state index in [1.54, 1.807) is 6.08 Å². The lowest BCUT2D eigenvalue weighted by Gasteiger charge is -2.02. The maximum absolute atomic E-state index is 11.8. The van der Waals surface area contributed by atoms with Gasteiger partial charge in [-0.1, -0.05) is 29.5 Å². The van der Waals surface area contributed by atoms with Gasteiger partial charge in [-0.2, -0.15) is 0 Å². The summed E-state index contributed by atoms with van der Waals surface area (Å²) in [6.07, 6.45) is 1.67. The molecule has 0 atom stereocenters. The monoisotopic (exact) mass is 316 g/mol. The Balaban J connectivity index is 2.09. The number of aromatic nitrogens is 1. The van der Waals surface area contributed by atoms with Crippen molar-refractivity contribution in [3.05, 3.63) is 44.4 Å². The first-order chi connectivity index (χ1) is 10.5. The summed E-state index contributed by atoms with van der Waals surface area (Å²) in [5.41, 5.74) is 3.36. The Bertz CT molecular complexity index is 889. The normalized spacial score (nSPS) is 15.0. The summed E-state index contributed by atoms with van der Waals surface area (Å²) in [5.74, 6) is -1.51. The Kier molecular flexibility index (Phi) is 3.42. The van der Waals surface area contributed by atoms with Crippen LogP contribution in [0.15, 0.2) is 34.1 Å². The molecule has 112 valence electrons. The molecular weight excluding hydrogens is 304 g/mol. The van der Waals surface area contributed by atoms with Gasteiger partial charge in [0.05, 0.1) is 10.6 Å². The van der Waals surface area contributed by atoms with Crippen molar-refractivity contribution in [1.29, 1.82) is 0 Å². The van der Waals surface area contributed by atoms with Gasteiger partial charge in [-0.3, -0.25) is 19.1 Å². The number of aliphatic imine (C=N–C) groups is 1. The summed E-state index contributed by atoms with van der Waals surface area (Å²) in [7, 11) is 0. The standard InChI is InChI=1S/C15H12N2O4S/c1-8-10(9-4-2-3-5-11(9)16-8)6-12-14(20)17(7-13(18)19)15(21)22-12/h2-6,20H,7H2,1H3,(H,18,19). The van der Waals surface area contributed by atoms with Gasteiger partial charge in [0.1, 0.15) is 6.54 Å². The first kappa shape index (κ1) is 14.3. The first-order valence-corrected chi connectivity index (χ1v) is 7.30. The van der Waals surface area contributed by atoms with Crippen molar-refractivity contribution in [1.82, 2.24) is 4.57 Å². The van der Waals surface area contributed by atoms with Crippen LogP contribution in [0.5, 0.6) is 5.88 Å². The smallest absolute Gasteiger partial charge is 0.323 e. The Morgan fingerprint density at radius 1 is 1.41 bits per heavy atom. The van der Waals surface area contributed by atoms with E-state index in [2.05, 4.69) is 4.99 Å². The van der Waals surface area contributed by atoms with E-state index >= 15 is 0 Å². The summed E-state index contributed by atoms with van der Waals surface area (Å²) in [4.78, 5) is 26.8. The van der Waals surface area contributed by atoms with Gasteiger partial charge in [0.2, 0.25) is 5.88 Å². The first-order valence-electron chi connectivity index (χ1n) is 6.48. The largest absolute Gasteiger partial charge is 0.493 e. The quantitative estimate of drug-likeness (QED) is 0.909. The minimum atomic E-state index is -1.18. The molecule has 6 nitrogen and oxygen atoms in total. The number of carbonyl (C=O) groups is 1. The number of rotatable bonds is 3. The molecule has 0 unspecified atom stereocenters. The number of thiazole rings is 1. The highest BCUT2D eigenvalue weighted by molar-refractivity contribution is 7.10. The summed E-state index contributed by atoms with van der Waals surface area (Å²) in [5, 5.41) is 18.9. The molecule has 0 saturated heterocycles. The van der Waals surface area contributed by atoms with Gasteiger partial charge in [-0.05, 0) is 19.1 Å². The number of aromatic hydroxyl groups is 1. The van der Waals surface area contributed by atoms with E-state index in [9.17, 15) is 14.7 Å². The lowest BCUT2D eigenvalue weighted by atomic mass is 10.0. The van der Waals surface area contributed by atoms with Gasteiger partial charge in [0, 0.05) is 16.8 Å². The molecular formula is C15H12N2O4S. The predicted molar refractivity (Wildman–Crippen MR) is 85.0 cm³/mol. The number of fused-ring (bicyclic) bond motifs is 1. The van der Waals surface area contributed by atoms with Gasteiger partial charge in [0.25, 0.3) is 0 Å². The molecule has 1 aromatic heterocycles. The van der Waals surface area contributed by atoms with Gasteiger partial charge < -0.3 is 10.2 Å². The fourth-order valence-electron chi connectivity index (χ4n) is 2.33. The second kappa shape index (κ2) is 5.27. The second-order valence-electron chi connectivity index (χ2n) is 4.81. The highest BCUT2D eigenvalue weighted by Gasteiger charge is 2.20. The van der Waals surface area contributed by atoms with E-state index in [0.717, 1.165) is 38.4 Å². The number of hydrogen-bond donors (Lipinski definition) is 2. The molecule has 7 heteroatoms. The lowest BCUT2D eigenvalue weighted by Crippen LogP contribution is -2.18. The van der Waals surface area contributed by atoms with Gasteiger partial charge in [-0.25, -0.2) is 0 Å². The Hall–Kier alpha value is -2.67. The topological polar surface area (TPSA) is 91.9 Å². The van der Waals surface area contributed by atoms with Crippen LogP contribution in [0.3, 0.4) is 0 Å². The molecule has 0 aliphatic carbocycles. The van der Waals surface area contributed by atoms with Crippen molar-refractivity contribution >= 4 is 40.4 Å². The zero-order valence-electron chi connectivity index (χ0n) is 11.6. The highest BCUT2D eigenvalue weighted by atomic mass is 32.1. The Labute approximate surface area is 129 Å². The summed E-state index contributed by atoms with van der Waals surface area (Å²) in [6, 6.07) is 7.57. The molecule has 3 rings (SSSR count). The Morgan fingerprint density at radius 2 is 2.14 bits per heavy atom. The number of carboxylic acid groups (broad SMARTS) is 1. The van der Waals surface area contributed by atoms with Crippen LogP contribution in [-0.4, -0.2) is 26.5 Å². The maximum atomic E-state index is 11.8. The van der Waals surface area contributed by atoms with E-state index < -0.39 is 17.4 Å². The number of benzene rings is 1. The zero-order valence-corrected chi connectivity index (χ0v) is 12.4. The number of hydrogen-bond acceptors (Lipinski definition) is 5. The number of nitrogens with zero attached hydrogens (tertiary/aromatic N) is 2. The fraction of sp³-hybridized carbons (Fsp3) is 0.133. The second-order valence-corrected chi connectivity index (χ2v) is 5.80. The fourth-order valence-corrected chi connectivity index (χ4v) is 3.16. The van der Waals surface area contributed by atoms with Crippen LogP contribution in [0.2, 0.25) is 0 Å². The minimum Gasteiger partial charge on any atom is -0.493 e. The number of allylic oxidation sites excluding steroid dienone is 1. The van der Waals surface area contributed by atoms with Crippen LogP contribution >= 0.6 is 11.3 Å². The summed E-state index contributed by atoms with van der Waals surface area (Å²) < 4.78 is 0.840. The van der Waals surface area contributed by atoms with E-state index in [1.807, 2.05) is 31.2 Å². The van der Waals surface area contributed by atoms with Crippen LogP contribution in [0.4, 0.5) is 5.69 Å². The third kappa shape index (κ3) is 2.35. The predicted octanol–water partition coefficient (Wildman–Crippen LogP) is 2.35. The van der Waals surface area contributed by atoms with Crippen molar-refractivity contribution in [2.75, 3.05) is 0 Å². The SMILES string of the molecule is CC1=Nc2ccccc2C1=Cc1sc(=O)n(CC(=O)O)c1O. The number of aliphatic carboxylic acids is 1. The van der Waals surface area contributed by atoms with Gasteiger partial charge >= 0.3 is 10.8 Å². The minimum absolute atomic E-state index is 0.326. The molecule has 0 saturated carbocycles. The maximum Gasteiger partial charge on any atom is 0.323 e. The van der Waals surface area contributed by atoms with Crippen LogP contribution < -0.4 is 4.87 Å². The molecule has 1 aromatic carbocycles. The van der Waals surface area contributed by atoms with E-state index in [0.29, 0.717) is 4.88 Å². The van der Waals surface area contributed by atoms with E-state index in [4.69, 9.17) is 5.11 Å². The molecule has 2 N–H and O–H groups in total. The lowest BCUT2D eigenvalue weighted by molar-refractivity contribution is -0.137. The highest BCUT2D eigenvalue weighted by Crippen LogP contribution is 2.37. The van der Waals surface area contributed by atoms with Crippen LogP contribution in [0, 0.1) is 0 Å². The van der Waals surface area contributed by atoms with Gasteiger partial charge in [-0.15, -0.1) is 0 Å².